The third-order valence-corrected chi connectivity index (χ3v) is 2.88. The Labute approximate surface area is 122 Å². The molecule has 0 saturated carbocycles. The van der Waals surface area contributed by atoms with Gasteiger partial charge in [0, 0.05) is 18.7 Å². The van der Waals surface area contributed by atoms with E-state index in [1.165, 1.54) is 5.56 Å². The van der Waals surface area contributed by atoms with E-state index < -0.39 is 0 Å². The van der Waals surface area contributed by atoms with Crippen molar-refractivity contribution in [2.75, 3.05) is 26.4 Å². The van der Waals surface area contributed by atoms with Crippen LogP contribution in [0.4, 0.5) is 0 Å². The van der Waals surface area contributed by atoms with Gasteiger partial charge in [0.05, 0.1) is 13.2 Å². The highest BCUT2D eigenvalue weighted by molar-refractivity contribution is 5.20. The zero-order valence-electron chi connectivity index (χ0n) is 13.3. The fourth-order valence-corrected chi connectivity index (χ4v) is 1.84. The van der Waals surface area contributed by atoms with Gasteiger partial charge < -0.3 is 19.2 Å². The van der Waals surface area contributed by atoms with Crippen molar-refractivity contribution in [3.63, 3.8) is 0 Å². The Bertz CT molecular complexity index is 361. The monoisotopic (exact) mass is 283 g/mol. The topological polar surface area (TPSA) is 43.6 Å². The van der Waals surface area contributed by atoms with Crippen LogP contribution in [-0.4, -0.2) is 26.4 Å². The molecule has 0 unspecified atom stereocenters. The van der Waals surface area contributed by atoms with Crippen LogP contribution in [0.15, 0.2) is 10.5 Å². The van der Waals surface area contributed by atoms with E-state index in [9.17, 15) is 0 Å². The Hall–Kier alpha value is -0.840. The average molecular weight is 283 g/mol. The summed E-state index contributed by atoms with van der Waals surface area (Å²) in [5.41, 5.74) is 1.22. The van der Waals surface area contributed by atoms with Crippen molar-refractivity contribution in [3.8, 4) is 0 Å². The molecule has 0 aliphatic heterocycles. The van der Waals surface area contributed by atoms with Gasteiger partial charge in [0.15, 0.2) is 0 Å². The third kappa shape index (κ3) is 7.08. The first-order chi connectivity index (χ1) is 9.63. The summed E-state index contributed by atoms with van der Waals surface area (Å²) < 4.78 is 16.7. The molecule has 1 aromatic rings. The zero-order valence-corrected chi connectivity index (χ0v) is 13.3. The maximum absolute atomic E-state index is 5.68. The number of furan rings is 1. The van der Waals surface area contributed by atoms with Gasteiger partial charge in [0.2, 0.25) is 0 Å². The molecular weight excluding hydrogens is 254 g/mol. The molecule has 0 aliphatic carbocycles. The van der Waals surface area contributed by atoms with Crippen molar-refractivity contribution in [1.29, 1.82) is 0 Å². The first kappa shape index (κ1) is 17.2. The fraction of sp³-hybridized carbons (Fsp3) is 0.750. The minimum atomic E-state index is 0.514. The molecule has 0 saturated heterocycles. The minimum Gasteiger partial charge on any atom is -0.464 e. The lowest BCUT2D eigenvalue weighted by Gasteiger charge is -2.06. The van der Waals surface area contributed by atoms with E-state index in [4.69, 9.17) is 13.9 Å². The van der Waals surface area contributed by atoms with Gasteiger partial charge >= 0.3 is 0 Å². The number of nitrogens with one attached hydrogen (secondary N) is 1. The number of hydrogen-bond acceptors (Lipinski definition) is 4. The SMILES string of the molecule is CCCNCc1cc(COCCOCC(C)C)oc1C. The van der Waals surface area contributed by atoms with E-state index in [2.05, 4.69) is 32.2 Å². The minimum absolute atomic E-state index is 0.514. The lowest BCUT2D eigenvalue weighted by molar-refractivity contribution is 0.0262. The van der Waals surface area contributed by atoms with Crippen molar-refractivity contribution in [2.45, 2.75) is 47.3 Å². The van der Waals surface area contributed by atoms with Crippen molar-refractivity contribution in [3.05, 3.63) is 23.2 Å². The molecule has 4 nitrogen and oxygen atoms in total. The van der Waals surface area contributed by atoms with Crippen LogP contribution in [0.25, 0.3) is 0 Å². The van der Waals surface area contributed by atoms with Crippen LogP contribution in [-0.2, 0) is 22.6 Å². The van der Waals surface area contributed by atoms with Gasteiger partial charge in [-0.25, -0.2) is 0 Å². The van der Waals surface area contributed by atoms with Crippen molar-refractivity contribution in [2.24, 2.45) is 5.92 Å². The Balaban J connectivity index is 2.18. The molecule has 0 amide bonds. The van der Waals surface area contributed by atoms with E-state index in [-0.39, 0.29) is 0 Å². The predicted octanol–water partition coefficient (Wildman–Crippen LogP) is 3.28. The maximum Gasteiger partial charge on any atom is 0.130 e. The molecule has 20 heavy (non-hydrogen) atoms. The highest BCUT2D eigenvalue weighted by Gasteiger charge is 2.07. The Morgan fingerprint density at radius 1 is 1.25 bits per heavy atom. The van der Waals surface area contributed by atoms with Crippen LogP contribution >= 0.6 is 0 Å². The average Bonchev–Trinajstić information content (AvgIpc) is 2.74. The molecule has 0 aliphatic rings. The summed E-state index contributed by atoms with van der Waals surface area (Å²) in [6, 6.07) is 2.08. The molecule has 0 fully saturated rings. The van der Waals surface area contributed by atoms with E-state index >= 15 is 0 Å². The number of ether oxygens (including phenoxy) is 2. The van der Waals surface area contributed by atoms with Gasteiger partial charge in [0.25, 0.3) is 0 Å². The lowest BCUT2D eigenvalue weighted by atomic mass is 10.2. The second-order valence-corrected chi connectivity index (χ2v) is 5.49. The van der Waals surface area contributed by atoms with Crippen LogP contribution in [0.5, 0.6) is 0 Å². The molecule has 0 radical (unpaired) electrons. The molecule has 116 valence electrons. The highest BCUT2D eigenvalue weighted by Crippen LogP contribution is 2.15. The second kappa shape index (κ2) is 9.97. The quantitative estimate of drug-likeness (QED) is 0.633. The summed E-state index contributed by atoms with van der Waals surface area (Å²) in [7, 11) is 0. The molecule has 4 heteroatoms. The van der Waals surface area contributed by atoms with E-state index in [1.807, 2.05) is 6.92 Å². The standard InChI is InChI=1S/C16H29NO3/c1-5-6-17-10-15-9-16(20-14(15)4)12-19-8-7-18-11-13(2)3/h9,13,17H,5-8,10-12H2,1-4H3. The molecule has 1 aromatic heterocycles. The van der Waals surface area contributed by atoms with Gasteiger partial charge in [-0.1, -0.05) is 20.8 Å². The third-order valence-electron chi connectivity index (χ3n) is 2.88. The van der Waals surface area contributed by atoms with E-state index in [0.29, 0.717) is 25.7 Å². The Morgan fingerprint density at radius 2 is 2.00 bits per heavy atom. The molecule has 0 bridgehead atoms. The normalized spacial score (nSPS) is 11.4. The molecule has 1 rings (SSSR count). The van der Waals surface area contributed by atoms with E-state index in [0.717, 1.165) is 37.6 Å². The number of hydrogen-bond donors (Lipinski definition) is 1. The lowest BCUT2D eigenvalue weighted by Crippen LogP contribution is -2.13. The smallest absolute Gasteiger partial charge is 0.130 e. The van der Waals surface area contributed by atoms with E-state index in [1.54, 1.807) is 0 Å². The Morgan fingerprint density at radius 3 is 2.70 bits per heavy atom. The van der Waals surface area contributed by atoms with Crippen molar-refractivity contribution >= 4 is 0 Å². The Kier molecular flexibility index (Phi) is 8.58. The number of rotatable bonds is 11. The summed E-state index contributed by atoms with van der Waals surface area (Å²) in [5, 5.41) is 3.38. The second-order valence-electron chi connectivity index (χ2n) is 5.49. The van der Waals surface area contributed by atoms with Crippen LogP contribution in [0.1, 0.15) is 44.3 Å². The molecule has 0 spiro atoms. The molecule has 0 aromatic carbocycles. The van der Waals surface area contributed by atoms with Crippen LogP contribution in [0.3, 0.4) is 0 Å². The van der Waals surface area contributed by atoms with Gasteiger partial charge in [-0.2, -0.15) is 0 Å². The van der Waals surface area contributed by atoms with Crippen LogP contribution in [0, 0.1) is 12.8 Å². The summed E-state index contributed by atoms with van der Waals surface area (Å²) in [5.74, 6) is 2.43. The van der Waals surface area contributed by atoms with Crippen molar-refractivity contribution < 1.29 is 13.9 Å². The molecule has 0 atom stereocenters. The molecule has 1 heterocycles. The predicted molar refractivity (Wildman–Crippen MR) is 80.8 cm³/mol. The maximum atomic E-state index is 5.68. The van der Waals surface area contributed by atoms with Crippen LogP contribution < -0.4 is 5.32 Å². The largest absolute Gasteiger partial charge is 0.464 e. The summed E-state index contributed by atoms with van der Waals surface area (Å²) >= 11 is 0. The van der Waals surface area contributed by atoms with Crippen LogP contribution in [0.2, 0.25) is 0 Å². The van der Waals surface area contributed by atoms with Crippen molar-refractivity contribution in [1.82, 2.24) is 5.32 Å². The first-order valence-electron chi connectivity index (χ1n) is 7.57. The van der Waals surface area contributed by atoms with Gasteiger partial charge in [-0.3, -0.25) is 0 Å². The summed E-state index contributed by atoms with van der Waals surface area (Å²) in [4.78, 5) is 0. The highest BCUT2D eigenvalue weighted by atomic mass is 16.5. The zero-order chi connectivity index (χ0) is 14.8. The summed E-state index contributed by atoms with van der Waals surface area (Å²) in [6.07, 6.45) is 1.14. The molecular formula is C16H29NO3. The van der Waals surface area contributed by atoms with Gasteiger partial charge in [-0.05, 0) is 31.9 Å². The van der Waals surface area contributed by atoms with Gasteiger partial charge in [0.1, 0.15) is 18.1 Å². The number of aryl methyl sites for hydroxylation is 1. The first-order valence-corrected chi connectivity index (χ1v) is 7.57. The van der Waals surface area contributed by atoms with Gasteiger partial charge in [-0.15, -0.1) is 0 Å². The summed E-state index contributed by atoms with van der Waals surface area (Å²) in [6.45, 7) is 12.9. The molecule has 1 N–H and O–H groups in total. The fourth-order valence-electron chi connectivity index (χ4n) is 1.84.